The SMILES string of the molecule is COC(=O)[C@H](O)CC(=O)c1ccccc1. The maximum atomic E-state index is 11.5. The summed E-state index contributed by atoms with van der Waals surface area (Å²) >= 11 is 0. The van der Waals surface area contributed by atoms with E-state index in [4.69, 9.17) is 0 Å². The number of Topliss-reactive ketones (excluding diaryl/α,β-unsaturated/α-hetero) is 1. The van der Waals surface area contributed by atoms with E-state index < -0.39 is 12.1 Å². The molecule has 0 radical (unpaired) electrons. The number of aliphatic hydroxyl groups is 1. The fourth-order valence-electron chi connectivity index (χ4n) is 1.14. The van der Waals surface area contributed by atoms with Crippen LogP contribution in [0.15, 0.2) is 30.3 Å². The van der Waals surface area contributed by atoms with Gasteiger partial charge in [0, 0.05) is 12.0 Å². The average molecular weight is 208 g/mol. The molecule has 0 heterocycles. The lowest BCUT2D eigenvalue weighted by Crippen LogP contribution is -2.24. The third kappa shape index (κ3) is 3.18. The van der Waals surface area contributed by atoms with Crippen LogP contribution in [-0.2, 0) is 9.53 Å². The Morgan fingerprint density at radius 1 is 1.33 bits per heavy atom. The molecule has 0 saturated heterocycles. The molecule has 15 heavy (non-hydrogen) atoms. The molecule has 0 spiro atoms. The molecule has 0 aliphatic carbocycles. The van der Waals surface area contributed by atoms with Crippen LogP contribution in [0.2, 0.25) is 0 Å². The van der Waals surface area contributed by atoms with Crippen LogP contribution in [0, 0.1) is 0 Å². The Labute approximate surface area is 87.5 Å². The van der Waals surface area contributed by atoms with Gasteiger partial charge in [0.05, 0.1) is 7.11 Å². The summed E-state index contributed by atoms with van der Waals surface area (Å²) in [5.74, 6) is -1.08. The van der Waals surface area contributed by atoms with Gasteiger partial charge in [-0.25, -0.2) is 4.79 Å². The van der Waals surface area contributed by atoms with Gasteiger partial charge in [0.25, 0.3) is 0 Å². The quantitative estimate of drug-likeness (QED) is 0.587. The van der Waals surface area contributed by atoms with E-state index in [1.54, 1.807) is 30.3 Å². The number of rotatable bonds is 4. The fraction of sp³-hybridized carbons (Fsp3) is 0.273. The summed E-state index contributed by atoms with van der Waals surface area (Å²) in [7, 11) is 1.17. The van der Waals surface area contributed by atoms with Gasteiger partial charge in [0.2, 0.25) is 0 Å². The largest absolute Gasteiger partial charge is 0.467 e. The standard InChI is InChI=1S/C11H12O4/c1-15-11(14)10(13)7-9(12)8-5-3-2-4-6-8/h2-6,10,13H,7H2,1H3/t10-/m1/s1. The second-order valence-corrected chi connectivity index (χ2v) is 3.03. The van der Waals surface area contributed by atoms with Crippen LogP contribution in [0.5, 0.6) is 0 Å². The molecule has 4 heteroatoms. The van der Waals surface area contributed by atoms with Gasteiger partial charge in [-0.15, -0.1) is 0 Å². The summed E-state index contributed by atoms with van der Waals surface area (Å²) in [6, 6.07) is 8.49. The van der Waals surface area contributed by atoms with Crippen molar-refractivity contribution in [3.05, 3.63) is 35.9 Å². The van der Waals surface area contributed by atoms with Crippen molar-refractivity contribution < 1.29 is 19.4 Å². The zero-order valence-corrected chi connectivity index (χ0v) is 8.34. The van der Waals surface area contributed by atoms with Gasteiger partial charge in [-0.3, -0.25) is 4.79 Å². The van der Waals surface area contributed by atoms with Gasteiger partial charge in [-0.2, -0.15) is 0 Å². The number of carbonyl (C=O) groups is 2. The van der Waals surface area contributed by atoms with Crippen LogP contribution in [-0.4, -0.2) is 30.1 Å². The number of esters is 1. The maximum Gasteiger partial charge on any atom is 0.335 e. The Morgan fingerprint density at radius 2 is 1.93 bits per heavy atom. The van der Waals surface area contributed by atoms with Crippen molar-refractivity contribution in [1.82, 2.24) is 0 Å². The third-order valence-electron chi connectivity index (χ3n) is 1.95. The second-order valence-electron chi connectivity index (χ2n) is 3.03. The van der Waals surface area contributed by atoms with E-state index >= 15 is 0 Å². The maximum absolute atomic E-state index is 11.5. The number of carbonyl (C=O) groups excluding carboxylic acids is 2. The second kappa shape index (κ2) is 5.26. The summed E-state index contributed by atoms with van der Waals surface area (Å²) in [6.45, 7) is 0. The topological polar surface area (TPSA) is 63.6 Å². The molecule has 0 fully saturated rings. The predicted molar refractivity (Wildman–Crippen MR) is 53.4 cm³/mol. The van der Waals surface area contributed by atoms with E-state index in [2.05, 4.69) is 4.74 Å². The minimum Gasteiger partial charge on any atom is -0.467 e. The molecule has 4 nitrogen and oxygen atoms in total. The fourth-order valence-corrected chi connectivity index (χ4v) is 1.14. The lowest BCUT2D eigenvalue weighted by Gasteiger charge is -2.06. The van der Waals surface area contributed by atoms with Crippen molar-refractivity contribution in [2.75, 3.05) is 7.11 Å². The lowest BCUT2D eigenvalue weighted by atomic mass is 10.1. The zero-order valence-electron chi connectivity index (χ0n) is 8.34. The van der Waals surface area contributed by atoms with E-state index in [1.165, 1.54) is 7.11 Å². The number of ketones is 1. The molecular formula is C11H12O4. The monoisotopic (exact) mass is 208 g/mol. The van der Waals surface area contributed by atoms with E-state index in [0.717, 1.165) is 0 Å². The van der Waals surface area contributed by atoms with Gasteiger partial charge < -0.3 is 9.84 Å². The molecule has 0 saturated carbocycles. The van der Waals surface area contributed by atoms with E-state index in [1.807, 2.05) is 0 Å². The molecule has 0 amide bonds. The first kappa shape index (κ1) is 11.4. The highest BCUT2D eigenvalue weighted by molar-refractivity contribution is 5.98. The van der Waals surface area contributed by atoms with E-state index in [9.17, 15) is 14.7 Å². The van der Waals surface area contributed by atoms with Crippen molar-refractivity contribution in [3.8, 4) is 0 Å². The number of ether oxygens (including phenoxy) is 1. The summed E-state index contributed by atoms with van der Waals surface area (Å²) in [4.78, 5) is 22.4. The molecule has 80 valence electrons. The first-order valence-electron chi connectivity index (χ1n) is 4.49. The van der Waals surface area contributed by atoms with Gasteiger partial charge in [-0.05, 0) is 0 Å². The highest BCUT2D eigenvalue weighted by Crippen LogP contribution is 2.06. The molecule has 0 aliphatic heterocycles. The normalized spacial score (nSPS) is 11.9. The summed E-state index contributed by atoms with van der Waals surface area (Å²) in [6.07, 6.45) is -1.64. The van der Waals surface area contributed by atoms with Crippen LogP contribution in [0.1, 0.15) is 16.8 Å². The smallest absolute Gasteiger partial charge is 0.335 e. The zero-order chi connectivity index (χ0) is 11.3. The number of aliphatic hydroxyl groups excluding tert-OH is 1. The molecule has 0 aromatic heterocycles. The van der Waals surface area contributed by atoms with Crippen molar-refractivity contribution in [1.29, 1.82) is 0 Å². The first-order valence-corrected chi connectivity index (χ1v) is 4.49. The molecule has 1 rings (SSSR count). The van der Waals surface area contributed by atoms with Gasteiger partial charge in [0.1, 0.15) is 0 Å². The van der Waals surface area contributed by atoms with Crippen molar-refractivity contribution in [3.63, 3.8) is 0 Å². The van der Waals surface area contributed by atoms with Crippen LogP contribution < -0.4 is 0 Å². The minimum absolute atomic E-state index is 0.253. The molecule has 1 aromatic rings. The Bertz CT molecular complexity index is 345. The summed E-state index contributed by atoms with van der Waals surface area (Å²) in [5, 5.41) is 9.25. The van der Waals surface area contributed by atoms with Crippen LogP contribution in [0.25, 0.3) is 0 Å². The number of benzene rings is 1. The molecule has 0 aliphatic rings. The van der Waals surface area contributed by atoms with Crippen molar-refractivity contribution >= 4 is 11.8 Å². The average Bonchev–Trinajstić information content (AvgIpc) is 2.29. The Morgan fingerprint density at radius 3 is 2.47 bits per heavy atom. The number of hydrogen-bond donors (Lipinski definition) is 1. The highest BCUT2D eigenvalue weighted by atomic mass is 16.5. The summed E-state index contributed by atoms with van der Waals surface area (Å²) in [5.41, 5.74) is 0.473. The third-order valence-corrected chi connectivity index (χ3v) is 1.95. The molecular weight excluding hydrogens is 196 g/mol. The number of hydrogen-bond acceptors (Lipinski definition) is 4. The highest BCUT2D eigenvalue weighted by Gasteiger charge is 2.19. The molecule has 0 bridgehead atoms. The van der Waals surface area contributed by atoms with Gasteiger partial charge >= 0.3 is 5.97 Å². The predicted octanol–water partition coefficient (Wildman–Crippen LogP) is 0.793. The van der Waals surface area contributed by atoms with Crippen molar-refractivity contribution in [2.45, 2.75) is 12.5 Å². The molecule has 0 unspecified atom stereocenters. The van der Waals surface area contributed by atoms with Crippen LogP contribution >= 0.6 is 0 Å². The molecule has 1 aromatic carbocycles. The molecule has 1 atom stereocenters. The molecule has 1 N–H and O–H groups in total. The Kier molecular flexibility index (Phi) is 4.00. The van der Waals surface area contributed by atoms with E-state index in [-0.39, 0.29) is 12.2 Å². The van der Waals surface area contributed by atoms with Gasteiger partial charge in [-0.1, -0.05) is 30.3 Å². The van der Waals surface area contributed by atoms with Crippen molar-refractivity contribution in [2.24, 2.45) is 0 Å². The minimum atomic E-state index is -1.39. The Balaban J connectivity index is 2.61. The number of methoxy groups -OCH3 is 1. The Hall–Kier alpha value is -1.68. The summed E-state index contributed by atoms with van der Waals surface area (Å²) < 4.78 is 4.31. The van der Waals surface area contributed by atoms with E-state index in [0.29, 0.717) is 5.56 Å². The first-order chi connectivity index (χ1) is 7.15. The van der Waals surface area contributed by atoms with Gasteiger partial charge in [0.15, 0.2) is 11.9 Å². The lowest BCUT2D eigenvalue weighted by molar-refractivity contribution is -0.150. The van der Waals surface area contributed by atoms with Crippen LogP contribution in [0.4, 0.5) is 0 Å². The van der Waals surface area contributed by atoms with Crippen LogP contribution in [0.3, 0.4) is 0 Å².